The highest BCUT2D eigenvalue weighted by Gasteiger charge is 2.14. The van der Waals surface area contributed by atoms with E-state index in [1.807, 2.05) is 38.1 Å². The zero-order valence-corrected chi connectivity index (χ0v) is 11.3. The van der Waals surface area contributed by atoms with E-state index in [1.165, 1.54) is 12.1 Å². The summed E-state index contributed by atoms with van der Waals surface area (Å²) in [5.41, 5.74) is 2.22. The third kappa shape index (κ3) is 3.12. The van der Waals surface area contributed by atoms with Crippen LogP contribution >= 0.6 is 0 Å². The van der Waals surface area contributed by atoms with Crippen molar-refractivity contribution in [3.63, 3.8) is 0 Å². The molecule has 1 N–H and O–H groups in total. The number of aryl methyl sites for hydroxylation is 1. The Labute approximate surface area is 116 Å². The molecule has 1 atom stereocenters. The van der Waals surface area contributed by atoms with Crippen molar-refractivity contribution in [1.29, 1.82) is 0 Å². The van der Waals surface area contributed by atoms with Crippen LogP contribution in [0.4, 0.5) is 15.8 Å². The van der Waals surface area contributed by atoms with Crippen molar-refractivity contribution >= 4 is 11.4 Å². The Hall–Kier alpha value is -2.43. The molecule has 2 rings (SSSR count). The van der Waals surface area contributed by atoms with Gasteiger partial charge >= 0.3 is 5.69 Å². The largest absolute Gasteiger partial charge is 0.378 e. The van der Waals surface area contributed by atoms with Crippen LogP contribution in [-0.2, 0) is 0 Å². The zero-order valence-electron chi connectivity index (χ0n) is 11.3. The Morgan fingerprint density at radius 3 is 2.60 bits per heavy atom. The van der Waals surface area contributed by atoms with Gasteiger partial charge in [0.05, 0.1) is 4.92 Å². The average molecular weight is 274 g/mol. The maximum Gasteiger partial charge on any atom is 0.304 e. The van der Waals surface area contributed by atoms with E-state index in [0.717, 1.165) is 17.2 Å². The number of nitrogens with one attached hydrogen (secondary N) is 1. The van der Waals surface area contributed by atoms with Crippen LogP contribution in [0, 0.1) is 22.9 Å². The number of hydrogen-bond acceptors (Lipinski definition) is 3. The van der Waals surface area contributed by atoms with Gasteiger partial charge in [-0.05, 0) is 25.5 Å². The summed E-state index contributed by atoms with van der Waals surface area (Å²) in [6.07, 6.45) is 0. The summed E-state index contributed by atoms with van der Waals surface area (Å²) in [4.78, 5) is 9.83. The van der Waals surface area contributed by atoms with E-state index in [0.29, 0.717) is 5.69 Å². The van der Waals surface area contributed by atoms with Gasteiger partial charge in [0.2, 0.25) is 5.82 Å². The third-order valence-electron chi connectivity index (χ3n) is 3.07. The van der Waals surface area contributed by atoms with Crippen LogP contribution in [0.25, 0.3) is 0 Å². The van der Waals surface area contributed by atoms with Crippen LogP contribution in [0.15, 0.2) is 42.5 Å². The molecule has 1 unspecified atom stereocenters. The summed E-state index contributed by atoms with van der Waals surface area (Å²) < 4.78 is 13.5. The Morgan fingerprint density at radius 2 is 2.00 bits per heavy atom. The van der Waals surface area contributed by atoms with E-state index in [2.05, 4.69) is 5.32 Å². The number of halogens is 1. The fraction of sp³-hybridized carbons (Fsp3) is 0.200. The molecule has 20 heavy (non-hydrogen) atoms. The topological polar surface area (TPSA) is 55.2 Å². The van der Waals surface area contributed by atoms with Crippen molar-refractivity contribution in [2.24, 2.45) is 0 Å². The lowest BCUT2D eigenvalue weighted by Crippen LogP contribution is -2.07. The van der Waals surface area contributed by atoms with Gasteiger partial charge in [-0.3, -0.25) is 10.1 Å². The molecule has 0 radical (unpaired) electrons. The van der Waals surface area contributed by atoms with Gasteiger partial charge in [0.25, 0.3) is 0 Å². The summed E-state index contributed by atoms with van der Waals surface area (Å²) in [6.45, 7) is 3.95. The zero-order chi connectivity index (χ0) is 14.7. The highest BCUT2D eigenvalue weighted by molar-refractivity contribution is 5.51. The maximum atomic E-state index is 13.5. The molecule has 0 saturated carbocycles. The fourth-order valence-electron chi connectivity index (χ4n) is 2.02. The molecule has 0 aliphatic rings. The maximum absolute atomic E-state index is 13.5. The van der Waals surface area contributed by atoms with Gasteiger partial charge in [-0.15, -0.1) is 0 Å². The summed E-state index contributed by atoms with van der Waals surface area (Å²) in [5, 5.41) is 13.7. The molecule has 2 aromatic carbocycles. The lowest BCUT2D eigenvalue weighted by Gasteiger charge is -2.16. The number of anilines is 1. The van der Waals surface area contributed by atoms with Gasteiger partial charge in [-0.25, -0.2) is 0 Å². The van der Waals surface area contributed by atoms with Gasteiger partial charge in [-0.2, -0.15) is 4.39 Å². The lowest BCUT2D eigenvalue weighted by molar-refractivity contribution is -0.387. The van der Waals surface area contributed by atoms with Crippen molar-refractivity contribution in [1.82, 2.24) is 0 Å². The number of nitro benzene ring substituents is 1. The van der Waals surface area contributed by atoms with Crippen LogP contribution in [0.3, 0.4) is 0 Å². The molecule has 4 nitrogen and oxygen atoms in total. The lowest BCUT2D eigenvalue weighted by atomic mass is 10.1. The number of hydrogen-bond donors (Lipinski definition) is 1. The summed E-state index contributed by atoms with van der Waals surface area (Å²) in [6, 6.07) is 11.8. The summed E-state index contributed by atoms with van der Waals surface area (Å²) in [7, 11) is 0. The molecule has 0 aliphatic heterocycles. The van der Waals surface area contributed by atoms with Gasteiger partial charge in [0.15, 0.2) is 0 Å². The van der Waals surface area contributed by atoms with Crippen LogP contribution in [-0.4, -0.2) is 4.92 Å². The fourth-order valence-corrected chi connectivity index (χ4v) is 2.02. The SMILES string of the molecule is Cc1cccc(C(C)Nc2ccc([N+](=O)[O-])c(F)c2)c1. The quantitative estimate of drug-likeness (QED) is 0.671. The molecule has 0 amide bonds. The number of benzene rings is 2. The Kier molecular flexibility index (Phi) is 3.98. The second kappa shape index (κ2) is 5.69. The first kappa shape index (κ1) is 14.0. The van der Waals surface area contributed by atoms with Crippen LogP contribution in [0.1, 0.15) is 24.1 Å². The highest BCUT2D eigenvalue weighted by atomic mass is 19.1. The second-order valence-electron chi connectivity index (χ2n) is 4.70. The molecule has 0 fully saturated rings. The van der Waals surface area contributed by atoms with Gasteiger partial charge in [0, 0.05) is 23.9 Å². The minimum absolute atomic E-state index is 0.0178. The van der Waals surface area contributed by atoms with E-state index in [4.69, 9.17) is 0 Å². The minimum atomic E-state index is -0.837. The van der Waals surface area contributed by atoms with Crippen molar-refractivity contribution in [2.75, 3.05) is 5.32 Å². The molecular formula is C15H15FN2O2. The van der Waals surface area contributed by atoms with E-state index >= 15 is 0 Å². The first-order valence-electron chi connectivity index (χ1n) is 6.24. The monoisotopic (exact) mass is 274 g/mol. The van der Waals surface area contributed by atoms with Gasteiger partial charge in [-0.1, -0.05) is 29.8 Å². The first-order chi connectivity index (χ1) is 9.47. The molecule has 0 bridgehead atoms. The molecule has 0 aliphatic carbocycles. The number of nitro groups is 1. The summed E-state index contributed by atoms with van der Waals surface area (Å²) >= 11 is 0. The Morgan fingerprint density at radius 1 is 1.25 bits per heavy atom. The molecule has 0 spiro atoms. The van der Waals surface area contributed by atoms with E-state index < -0.39 is 16.4 Å². The van der Waals surface area contributed by atoms with E-state index in [-0.39, 0.29) is 6.04 Å². The molecule has 104 valence electrons. The number of nitrogens with zero attached hydrogens (tertiary/aromatic N) is 1. The molecule has 0 aromatic heterocycles. The van der Waals surface area contributed by atoms with Gasteiger partial charge < -0.3 is 5.32 Å². The predicted molar refractivity (Wildman–Crippen MR) is 76.3 cm³/mol. The Balaban J connectivity index is 2.18. The van der Waals surface area contributed by atoms with E-state index in [1.54, 1.807) is 0 Å². The highest BCUT2D eigenvalue weighted by Crippen LogP contribution is 2.24. The standard InChI is InChI=1S/C15H15FN2O2/c1-10-4-3-5-12(8-10)11(2)17-13-6-7-15(18(19)20)14(16)9-13/h3-9,11,17H,1-2H3. The van der Waals surface area contributed by atoms with Crippen molar-refractivity contribution in [3.05, 3.63) is 69.5 Å². The molecule has 0 heterocycles. The van der Waals surface area contributed by atoms with E-state index in [9.17, 15) is 14.5 Å². The van der Waals surface area contributed by atoms with Crippen LogP contribution in [0.2, 0.25) is 0 Å². The van der Waals surface area contributed by atoms with Gasteiger partial charge in [0.1, 0.15) is 0 Å². The first-order valence-corrected chi connectivity index (χ1v) is 6.24. The van der Waals surface area contributed by atoms with Crippen LogP contribution in [0.5, 0.6) is 0 Å². The van der Waals surface area contributed by atoms with Crippen molar-refractivity contribution in [3.8, 4) is 0 Å². The molecule has 2 aromatic rings. The second-order valence-corrected chi connectivity index (χ2v) is 4.70. The Bertz CT molecular complexity index is 644. The van der Waals surface area contributed by atoms with Crippen molar-refractivity contribution in [2.45, 2.75) is 19.9 Å². The third-order valence-corrected chi connectivity index (χ3v) is 3.07. The van der Waals surface area contributed by atoms with Crippen molar-refractivity contribution < 1.29 is 9.31 Å². The minimum Gasteiger partial charge on any atom is -0.378 e. The average Bonchev–Trinajstić information content (AvgIpc) is 2.38. The molecule has 5 heteroatoms. The normalized spacial score (nSPS) is 11.9. The molecule has 0 saturated heterocycles. The smallest absolute Gasteiger partial charge is 0.304 e. The van der Waals surface area contributed by atoms with Crippen LogP contribution < -0.4 is 5.32 Å². The summed E-state index contributed by atoms with van der Waals surface area (Å²) in [5.74, 6) is -0.837. The number of rotatable bonds is 4. The predicted octanol–water partition coefficient (Wildman–Crippen LogP) is 4.22. The molecular weight excluding hydrogens is 259 g/mol.